The first-order valence-electron chi connectivity index (χ1n) is 6.51. The van der Waals surface area contributed by atoms with E-state index in [1.807, 2.05) is 18.2 Å². The molecule has 2 aromatic rings. The predicted octanol–water partition coefficient (Wildman–Crippen LogP) is 4.10. The number of nitrogens with two attached hydrogens (primary N) is 1. The molecule has 2 nitrogen and oxygen atoms in total. The molecule has 3 rings (SSSR count). The highest BCUT2D eigenvalue weighted by atomic mass is 79.9. The van der Waals surface area contributed by atoms with Gasteiger partial charge in [-0.3, -0.25) is 0 Å². The molecule has 0 saturated carbocycles. The average molecular weight is 318 g/mol. The Bertz CT molecular complexity index is 610. The fraction of sp³-hybridized carbons (Fsp3) is 0.250. The van der Waals surface area contributed by atoms with Crippen LogP contribution in [0.1, 0.15) is 23.1 Å². The first-order valence-corrected chi connectivity index (χ1v) is 7.30. The Balaban J connectivity index is 1.72. The Kier molecular flexibility index (Phi) is 3.47. The van der Waals surface area contributed by atoms with Gasteiger partial charge in [0.15, 0.2) is 0 Å². The molecule has 0 atom stereocenters. The Hall–Kier alpha value is -1.48. The van der Waals surface area contributed by atoms with Crippen LogP contribution in [0.15, 0.2) is 40.9 Å². The maximum Gasteiger partial charge on any atom is 0.142 e. The number of hydrogen-bond donors (Lipinski definition) is 1. The zero-order valence-corrected chi connectivity index (χ0v) is 12.2. The third-order valence-corrected chi connectivity index (χ3v) is 4.02. The van der Waals surface area contributed by atoms with E-state index in [-0.39, 0.29) is 0 Å². The smallest absolute Gasteiger partial charge is 0.142 e. The van der Waals surface area contributed by atoms with Gasteiger partial charge in [-0.05, 0) is 54.2 Å². The van der Waals surface area contributed by atoms with Crippen molar-refractivity contribution in [1.82, 2.24) is 0 Å². The largest absolute Gasteiger partial charge is 0.487 e. The molecule has 0 saturated heterocycles. The number of nitrogen functional groups attached to an aromatic ring is 1. The molecule has 0 aliphatic heterocycles. The molecular formula is C16H16BrNO. The van der Waals surface area contributed by atoms with Crippen molar-refractivity contribution in [3.8, 4) is 5.75 Å². The summed E-state index contributed by atoms with van der Waals surface area (Å²) >= 11 is 3.39. The van der Waals surface area contributed by atoms with Crippen molar-refractivity contribution < 1.29 is 4.74 Å². The highest BCUT2D eigenvalue weighted by molar-refractivity contribution is 9.10. The van der Waals surface area contributed by atoms with Crippen LogP contribution in [0.5, 0.6) is 5.75 Å². The van der Waals surface area contributed by atoms with Gasteiger partial charge in [0.1, 0.15) is 12.4 Å². The molecule has 0 spiro atoms. The number of aryl methyl sites for hydroxylation is 2. The van der Waals surface area contributed by atoms with Crippen molar-refractivity contribution in [3.63, 3.8) is 0 Å². The van der Waals surface area contributed by atoms with Crippen LogP contribution in [0.25, 0.3) is 0 Å². The van der Waals surface area contributed by atoms with E-state index in [9.17, 15) is 0 Å². The molecule has 19 heavy (non-hydrogen) atoms. The Morgan fingerprint density at radius 3 is 2.74 bits per heavy atom. The lowest BCUT2D eigenvalue weighted by Gasteiger charge is -2.10. The lowest BCUT2D eigenvalue weighted by molar-refractivity contribution is 0.308. The van der Waals surface area contributed by atoms with Gasteiger partial charge < -0.3 is 10.5 Å². The minimum atomic E-state index is 0.569. The number of halogens is 1. The first-order chi connectivity index (χ1) is 9.22. The van der Waals surface area contributed by atoms with Crippen molar-refractivity contribution in [2.24, 2.45) is 0 Å². The van der Waals surface area contributed by atoms with E-state index < -0.39 is 0 Å². The van der Waals surface area contributed by atoms with Crippen molar-refractivity contribution in [1.29, 1.82) is 0 Å². The van der Waals surface area contributed by atoms with Crippen LogP contribution in [-0.4, -0.2) is 0 Å². The number of hydrogen-bond acceptors (Lipinski definition) is 2. The molecule has 0 amide bonds. The summed E-state index contributed by atoms with van der Waals surface area (Å²) in [4.78, 5) is 0. The number of ether oxygens (including phenoxy) is 1. The summed E-state index contributed by atoms with van der Waals surface area (Å²) in [6.07, 6.45) is 3.69. The summed E-state index contributed by atoms with van der Waals surface area (Å²) in [6, 6.07) is 12.3. The average Bonchev–Trinajstić information content (AvgIpc) is 2.85. The van der Waals surface area contributed by atoms with E-state index in [0.717, 1.165) is 10.2 Å². The highest BCUT2D eigenvalue weighted by Gasteiger charge is 2.11. The molecular weight excluding hydrogens is 302 g/mol. The maximum atomic E-state index is 5.92. The molecule has 0 heterocycles. The molecule has 0 unspecified atom stereocenters. The fourth-order valence-electron chi connectivity index (χ4n) is 2.53. The van der Waals surface area contributed by atoms with Crippen LogP contribution in [0.4, 0.5) is 5.69 Å². The van der Waals surface area contributed by atoms with Gasteiger partial charge in [-0.1, -0.05) is 34.1 Å². The normalized spacial score (nSPS) is 13.3. The number of rotatable bonds is 3. The van der Waals surface area contributed by atoms with E-state index in [0.29, 0.717) is 12.3 Å². The molecule has 3 heteroatoms. The summed E-state index contributed by atoms with van der Waals surface area (Å²) in [6.45, 7) is 0.569. The molecule has 1 aliphatic carbocycles. The second kappa shape index (κ2) is 5.25. The second-order valence-corrected chi connectivity index (χ2v) is 5.84. The van der Waals surface area contributed by atoms with Crippen molar-refractivity contribution in [2.75, 3.05) is 5.73 Å². The van der Waals surface area contributed by atoms with E-state index >= 15 is 0 Å². The zero-order chi connectivity index (χ0) is 13.2. The van der Waals surface area contributed by atoms with E-state index in [1.54, 1.807) is 0 Å². The Morgan fingerprint density at radius 2 is 1.89 bits per heavy atom. The predicted molar refractivity (Wildman–Crippen MR) is 81.4 cm³/mol. The summed E-state index contributed by atoms with van der Waals surface area (Å²) < 4.78 is 6.76. The van der Waals surface area contributed by atoms with E-state index in [2.05, 4.69) is 34.1 Å². The summed E-state index contributed by atoms with van der Waals surface area (Å²) in [5, 5.41) is 0. The molecule has 1 aliphatic rings. The van der Waals surface area contributed by atoms with Gasteiger partial charge in [0.05, 0.1) is 5.69 Å². The SMILES string of the molecule is Nc1cc(Br)ccc1OCc1ccc2c(c1)CCC2. The number of benzene rings is 2. The maximum absolute atomic E-state index is 5.92. The number of anilines is 1. The van der Waals surface area contributed by atoms with Crippen LogP contribution >= 0.6 is 15.9 Å². The van der Waals surface area contributed by atoms with Gasteiger partial charge in [0.25, 0.3) is 0 Å². The van der Waals surface area contributed by atoms with Crippen LogP contribution in [0, 0.1) is 0 Å². The molecule has 98 valence electrons. The van der Waals surface area contributed by atoms with Crippen LogP contribution in [0.3, 0.4) is 0 Å². The van der Waals surface area contributed by atoms with Gasteiger partial charge in [-0.15, -0.1) is 0 Å². The minimum absolute atomic E-state index is 0.569. The van der Waals surface area contributed by atoms with Crippen LogP contribution < -0.4 is 10.5 Å². The topological polar surface area (TPSA) is 35.2 Å². The summed E-state index contributed by atoms with van der Waals surface area (Å²) in [5.41, 5.74) is 10.8. The Labute approximate surface area is 121 Å². The third kappa shape index (κ3) is 2.76. The highest BCUT2D eigenvalue weighted by Crippen LogP contribution is 2.27. The van der Waals surface area contributed by atoms with E-state index in [1.165, 1.54) is 36.0 Å². The lowest BCUT2D eigenvalue weighted by Crippen LogP contribution is -1.99. The minimum Gasteiger partial charge on any atom is -0.487 e. The van der Waals surface area contributed by atoms with Crippen LogP contribution in [-0.2, 0) is 19.4 Å². The summed E-state index contributed by atoms with van der Waals surface area (Å²) in [5.74, 6) is 0.740. The lowest BCUT2D eigenvalue weighted by atomic mass is 10.1. The monoisotopic (exact) mass is 317 g/mol. The molecule has 0 radical (unpaired) electrons. The molecule has 0 fully saturated rings. The zero-order valence-electron chi connectivity index (χ0n) is 10.7. The van der Waals surface area contributed by atoms with Gasteiger partial charge in [-0.25, -0.2) is 0 Å². The molecule has 2 aromatic carbocycles. The van der Waals surface area contributed by atoms with Crippen molar-refractivity contribution in [2.45, 2.75) is 25.9 Å². The molecule has 0 bridgehead atoms. The van der Waals surface area contributed by atoms with Crippen molar-refractivity contribution in [3.05, 3.63) is 57.6 Å². The van der Waals surface area contributed by atoms with Crippen LogP contribution in [0.2, 0.25) is 0 Å². The quantitative estimate of drug-likeness (QED) is 0.865. The Morgan fingerprint density at radius 1 is 1.05 bits per heavy atom. The van der Waals surface area contributed by atoms with Gasteiger partial charge in [0.2, 0.25) is 0 Å². The summed E-state index contributed by atoms with van der Waals surface area (Å²) in [7, 11) is 0. The molecule has 2 N–H and O–H groups in total. The standard InChI is InChI=1S/C16H16BrNO/c17-14-6-7-16(15(18)9-14)19-10-11-4-5-12-2-1-3-13(12)8-11/h4-9H,1-3,10,18H2. The number of fused-ring (bicyclic) bond motifs is 1. The second-order valence-electron chi connectivity index (χ2n) is 4.93. The third-order valence-electron chi connectivity index (χ3n) is 3.53. The van der Waals surface area contributed by atoms with Gasteiger partial charge in [-0.2, -0.15) is 0 Å². The van der Waals surface area contributed by atoms with E-state index in [4.69, 9.17) is 10.5 Å². The fourth-order valence-corrected chi connectivity index (χ4v) is 2.91. The molecule has 0 aromatic heterocycles. The van der Waals surface area contributed by atoms with Gasteiger partial charge in [0, 0.05) is 4.47 Å². The van der Waals surface area contributed by atoms with Crippen molar-refractivity contribution >= 4 is 21.6 Å². The first kappa shape index (κ1) is 12.5. The van der Waals surface area contributed by atoms with Gasteiger partial charge >= 0.3 is 0 Å².